The third-order valence-corrected chi connectivity index (χ3v) is 4.92. The van der Waals surface area contributed by atoms with Gasteiger partial charge < -0.3 is 5.32 Å². The summed E-state index contributed by atoms with van der Waals surface area (Å²) in [4.78, 5) is 23.6. The van der Waals surface area contributed by atoms with Crippen LogP contribution in [0.5, 0.6) is 0 Å². The lowest BCUT2D eigenvalue weighted by Gasteiger charge is -2.13. The number of carbonyl (C=O) groups is 2. The summed E-state index contributed by atoms with van der Waals surface area (Å²) < 4.78 is 0. The molecule has 0 aromatic heterocycles. The van der Waals surface area contributed by atoms with E-state index < -0.39 is 0 Å². The number of amides is 1. The van der Waals surface area contributed by atoms with Crippen molar-refractivity contribution in [2.45, 2.75) is 38.7 Å². The molecule has 0 aliphatic heterocycles. The third-order valence-electron chi connectivity index (χ3n) is 3.71. The average Bonchev–Trinajstić information content (AvgIpc) is 2.52. The summed E-state index contributed by atoms with van der Waals surface area (Å²) in [5.41, 5.74) is 5.08. The van der Waals surface area contributed by atoms with Crippen molar-refractivity contribution in [2.24, 2.45) is 0 Å². The molecule has 0 spiro atoms. The Kier molecular flexibility index (Phi) is 6.21. The number of carbonyl (C=O) groups excluding carboxylic acids is 2. The number of benzene rings is 2. The molecule has 126 valence electrons. The van der Waals surface area contributed by atoms with Crippen LogP contribution in [0, 0.1) is 13.8 Å². The number of rotatable bonds is 6. The van der Waals surface area contributed by atoms with Gasteiger partial charge in [-0.15, -0.1) is 11.8 Å². The van der Waals surface area contributed by atoms with E-state index in [2.05, 4.69) is 37.4 Å². The Balaban J connectivity index is 1.90. The van der Waals surface area contributed by atoms with E-state index in [1.165, 1.54) is 23.6 Å². The van der Waals surface area contributed by atoms with Crippen LogP contribution in [-0.2, 0) is 10.5 Å². The summed E-state index contributed by atoms with van der Waals surface area (Å²) in [7, 11) is 0. The summed E-state index contributed by atoms with van der Waals surface area (Å²) in [6, 6.07) is 13.4. The Morgan fingerprint density at radius 2 is 1.62 bits per heavy atom. The minimum atomic E-state index is -0.154. The molecule has 3 nitrogen and oxygen atoms in total. The summed E-state index contributed by atoms with van der Waals surface area (Å²) in [5.74, 6) is 0.797. The number of hydrogen-bond donors (Lipinski definition) is 1. The first-order valence-corrected chi connectivity index (χ1v) is 9.00. The molecule has 2 aromatic rings. The highest BCUT2D eigenvalue weighted by atomic mass is 32.2. The fraction of sp³-hybridized carbons (Fsp3) is 0.300. The molecule has 0 heterocycles. The van der Waals surface area contributed by atoms with Crippen LogP contribution >= 0.6 is 11.8 Å². The van der Waals surface area contributed by atoms with Crippen LogP contribution in [0.25, 0.3) is 0 Å². The largest absolute Gasteiger partial charge is 0.325 e. The van der Waals surface area contributed by atoms with E-state index in [0.29, 0.717) is 11.3 Å². The highest BCUT2D eigenvalue weighted by Gasteiger charge is 2.14. The second kappa shape index (κ2) is 8.15. The van der Waals surface area contributed by atoms with Gasteiger partial charge in [0.05, 0.1) is 5.25 Å². The van der Waals surface area contributed by atoms with E-state index in [1.807, 2.05) is 6.92 Å². The van der Waals surface area contributed by atoms with Gasteiger partial charge in [-0.05, 0) is 57.5 Å². The Bertz CT molecular complexity index is 718. The molecule has 1 atom stereocenters. The lowest BCUT2D eigenvalue weighted by molar-refractivity contribution is -0.115. The van der Waals surface area contributed by atoms with Crippen molar-refractivity contribution < 1.29 is 9.59 Å². The minimum Gasteiger partial charge on any atom is -0.325 e. The molecular weight excluding hydrogens is 318 g/mol. The maximum absolute atomic E-state index is 12.3. The van der Waals surface area contributed by atoms with E-state index in [0.717, 1.165) is 5.75 Å². The monoisotopic (exact) mass is 341 g/mol. The number of hydrogen-bond acceptors (Lipinski definition) is 3. The molecule has 0 fully saturated rings. The van der Waals surface area contributed by atoms with Gasteiger partial charge in [-0.1, -0.05) is 29.3 Å². The maximum Gasteiger partial charge on any atom is 0.237 e. The van der Waals surface area contributed by atoms with E-state index >= 15 is 0 Å². The normalized spacial score (nSPS) is 11.8. The molecule has 1 unspecified atom stereocenters. The van der Waals surface area contributed by atoms with Crippen LogP contribution in [0.3, 0.4) is 0 Å². The van der Waals surface area contributed by atoms with Gasteiger partial charge in [-0.3, -0.25) is 9.59 Å². The van der Waals surface area contributed by atoms with E-state index in [4.69, 9.17) is 0 Å². The molecular formula is C20H23NO2S. The molecule has 2 rings (SSSR count). The molecule has 1 N–H and O–H groups in total. The molecule has 0 saturated carbocycles. The van der Waals surface area contributed by atoms with Gasteiger partial charge in [0.25, 0.3) is 0 Å². The molecule has 0 saturated heterocycles. The zero-order valence-electron chi connectivity index (χ0n) is 14.6. The molecule has 1 amide bonds. The summed E-state index contributed by atoms with van der Waals surface area (Å²) in [5, 5.41) is 2.74. The fourth-order valence-corrected chi connectivity index (χ4v) is 3.30. The number of thioether (sulfide) groups is 1. The fourth-order valence-electron chi connectivity index (χ4n) is 2.48. The van der Waals surface area contributed by atoms with Crippen molar-refractivity contribution >= 4 is 29.1 Å². The van der Waals surface area contributed by atoms with E-state index in [1.54, 1.807) is 36.0 Å². The Morgan fingerprint density at radius 3 is 2.17 bits per heavy atom. The quantitative estimate of drug-likeness (QED) is 0.770. The van der Waals surface area contributed by atoms with Crippen LogP contribution in [0.1, 0.15) is 40.9 Å². The van der Waals surface area contributed by atoms with Crippen molar-refractivity contribution in [1.29, 1.82) is 0 Å². The first kappa shape index (κ1) is 18.3. The summed E-state index contributed by atoms with van der Waals surface area (Å²) in [6.45, 7) is 7.61. The predicted octanol–water partition coefficient (Wildman–Crippen LogP) is 4.77. The standard InChI is InChI=1S/C20H23NO2S/c1-13-9-14(2)11-17(10-13)12-24-16(4)20(23)21-19-7-5-18(6-8-19)15(3)22/h5-11,16H,12H2,1-4H3,(H,21,23). The van der Waals surface area contributed by atoms with Gasteiger partial charge in [-0.2, -0.15) is 0 Å². The van der Waals surface area contributed by atoms with E-state index in [-0.39, 0.29) is 16.9 Å². The SMILES string of the molecule is CC(=O)c1ccc(NC(=O)C(C)SCc2cc(C)cc(C)c2)cc1. The summed E-state index contributed by atoms with van der Waals surface area (Å²) in [6.07, 6.45) is 0. The lowest BCUT2D eigenvalue weighted by atomic mass is 10.1. The highest BCUT2D eigenvalue weighted by Crippen LogP contribution is 2.21. The van der Waals surface area contributed by atoms with Crippen LogP contribution in [0.2, 0.25) is 0 Å². The molecule has 0 radical (unpaired) electrons. The number of nitrogens with one attached hydrogen (secondary N) is 1. The van der Waals surface area contributed by atoms with Crippen molar-refractivity contribution in [3.8, 4) is 0 Å². The summed E-state index contributed by atoms with van der Waals surface area (Å²) >= 11 is 1.62. The van der Waals surface area contributed by atoms with Crippen LogP contribution in [0.4, 0.5) is 5.69 Å². The molecule has 4 heteroatoms. The zero-order valence-corrected chi connectivity index (χ0v) is 15.4. The first-order chi connectivity index (χ1) is 11.3. The predicted molar refractivity (Wildman–Crippen MR) is 102 cm³/mol. The third kappa shape index (κ3) is 5.24. The van der Waals surface area contributed by atoms with Crippen LogP contribution in [0.15, 0.2) is 42.5 Å². The molecule has 0 aliphatic carbocycles. The van der Waals surface area contributed by atoms with Crippen LogP contribution < -0.4 is 5.32 Å². The van der Waals surface area contributed by atoms with Crippen molar-refractivity contribution in [3.05, 3.63) is 64.7 Å². The molecule has 0 aliphatic rings. The van der Waals surface area contributed by atoms with Crippen LogP contribution in [-0.4, -0.2) is 16.9 Å². The second-order valence-electron chi connectivity index (χ2n) is 6.07. The van der Waals surface area contributed by atoms with Crippen molar-refractivity contribution in [2.75, 3.05) is 5.32 Å². The second-order valence-corrected chi connectivity index (χ2v) is 7.40. The lowest BCUT2D eigenvalue weighted by Crippen LogP contribution is -2.22. The number of aryl methyl sites for hydroxylation is 2. The maximum atomic E-state index is 12.3. The molecule has 0 bridgehead atoms. The van der Waals surface area contributed by atoms with Gasteiger partial charge in [0.15, 0.2) is 5.78 Å². The van der Waals surface area contributed by atoms with Crippen molar-refractivity contribution in [3.63, 3.8) is 0 Å². The number of Topliss-reactive ketones (excluding diaryl/α,β-unsaturated/α-hetero) is 1. The van der Waals surface area contributed by atoms with Gasteiger partial charge >= 0.3 is 0 Å². The van der Waals surface area contributed by atoms with Gasteiger partial charge in [0.2, 0.25) is 5.91 Å². The number of anilines is 1. The molecule has 24 heavy (non-hydrogen) atoms. The Morgan fingerprint density at radius 1 is 1.04 bits per heavy atom. The van der Waals surface area contributed by atoms with E-state index in [9.17, 15) is 9.59 Å². The average molecular weight is 341 g/mol. The Hall–Kier alpha value is -2.07. The first-order valence-electron chi connectivity index (χ1n) is 7.96. The van der Waals surface area contributed by atoms with Gasteiger partial charge in [-0.25, -0.2) is 0 Å². The Labute approximate surface area is 147 Å². The topological polar surface area (TPSA) is 46.2 Å². The van der Waals surface area contributed by atoms with Crippen molar-refractivity contribution in [1.82, 2.24) is 0 Å². The zero-order chi connectivity index (χ0) is 17.7. The smallest absolute Gasteiger partial charge is 0.237 e. The van der Waals surface area contributed by atoms with Gasteiger partial charge in [0, 0.05) is 17.0 Å². The van der Waals surface area contributed by atoms with Gasteiger partial charge in [0.1, 0.15) is 0 Å². The minimum absolute atomic E-state index is 0.0187. The number of ketones is 1. The molecule has 2 aromatic carbocycles. The highest BCUT2D eigenvalue weighted by molar-refractivity contribution is 7.99.